The summed E-state index contributed by atoms with van der Waals surface area (Å²) in [6.45, 7) is 6.63. The lowest BCUT2D eigenvalue weighted by Gasteiger charge is -2.17. The van der Waals surface area contributed by atoms with Gasteiger partial charge in [0.25, 0.3) is 5.56 Å². The van der Waals surface area contributed by atoms with Crippen molar-refractivity contribution in [3.05, 3.63) is 93.1 Å². The third kappa shape index (κ3) is 5.33. The van der Waals surface area contributed by atoms with Gasteiger partial charge in [-0.05, 0) is 54.1 Å². The van der Waals surface area contributed by atoms with Gasteiger partial charge in [-0.2, -0.15) is 0 Å². The molecule has 1 aromatic carbocycles. The lowest BCUT2D eigenvalue weighted by molar-refractivity contribution is 0.482. The first-order valence-corrected chi connectivity index (χ1v) is 9.19. The van der Waals surface area contributed by atoms with E-state index in [1.807, 2.05) is 31.2 Å². The zero-order valence-corrected chi connectivity index (χ0v) is 16.8. The first-order chi connectivity index (χ1) is 12.9. The number of pyridine rings is 1. The summed E-state index contributed by atoms with van der Waals surface area (Å²) in [7, 11) is 2.44. The van der Waals surface area contributed by atoms with Crippen LogP contribution in [0, 0.1) is 13.8 Å². The van der Waals surface area contributed by atoms with Gasteiger partial charge in [-0.3, -0.25) is 4.79 Å². The van der Waals surface area contributed by atoms with Crippen LogP contribution in [0.2, 0.25) is 0 Å². The fourth-order valence-corrected chi connectivity index (χ4v) is 2.95. The van der Waals surface area contributed by atoms with Gasteiger partial charge in [0.1, 0.15) is 13.3 Å². The number of allylic oxidation sites excluding steroid dienone is 5. The Bertz CT molecular complexity index is 957. The standard InChI is InChI=1S/C22H24F2NOP/c1-15-5-4-6-18(11-15)21-12-19(13-24)17(3)22(26)25(21)14-16(2)7-8-20(27)9-10-23/h4-9,11-12H,2,10,13-14,27H2,1,3H3/b8-7-,20-9+. The second kappa shape index (κ2) is 9.57. The number of alkyl halides is 2. The fraction of sp³-hybridized carbons (Fsp3) is 0.227. The smallest absolute Gasteiger partial charge is 0.254 e. The zero-order chi connectivity index (χ0) is 20.0. The molecule has 0 amide bonds. The highest BCUT2D eigenvalue weighted by atomic mass is 31.0. The minimum absolute atomic E-state index is 0.235. The van der Waals surface area contributed by atoms with E-state index in [9.17, 15) is 13.6 Å². The van der Waals surface area contributed by atoms with E-state index in [1.54, 1.807) is 29.7 Å². The largest absolute Gasteiger partial charge is 0.304 e. The molecule has 0 aliphatic heterocycles. The molecule has 0 spiro atoms. The van der Waals surface area contributed by atoms with Crippen molar-refractivity contribution in [3.8, 4) is 11.3 Å². The van der Waals surface area contributed by atoms with E-state index in [1.165, 1.54) is 6.08 Å². The second-order valence-electron chi connectivity index (χ2n) is 6.42. The average Bonchev–Trinajstić information content (AvgIpc) is 2.64. The SMILES string of the molecule is C=C(/C=C\C(P)=C/CF)Cn1c(-c2cccc(C)c2)cc(CF)c(C)c1=O. The Morgan fingerprint density at radius 1 is 1.22 bits per heavy atom. The Kier molecular flexibility index (Phi) is 7.44. The van der Waals surface area contributed by atoms with E-state index in [2.05, 4.69) is 15.8 Å². The highest BCUT2D eigenvalue weighted by Gasteiger charge is 2.14. The van der Waals surface area contributed by atoms with Crippen molar-refractivity contribution < 1.29 is 8.78 Å². The van der Waals surface area contributed by atoms with E-state index in [4.69, 9.17) is 0 Å². The molecule has 0 radical (unpaired) electrons. The molecule has 0 aliphatic carbocycles. The third-order valence-corrected chi connectivity index (χ3v) is 4.72. The van der Waals surface area contributed by atoms with Gasteiger partial charge in [-0.25, -0.2) is 8.78 Å². The van der Waals surface area contributed by atoms with Gasteiger partial charge in [0, 0.05) is 5.56 Å². The summed E-state index contributed by atoms with van der Waals surface area (Å²) in [6, 6.07) is 9.47. The second-order valence-corrected chi connectivity index (χ2v) is 7.09. The maximum absolute atomic E-state index is 13.4. The van der Waals surface area contributed by atoms with E-state index >= 15 is 0 Å². The normalized spacial score (nSPS) is 12.0. The van der Waals surface area contributed by atoms with Crippen molar-refractivity contribution in [3.63, 3.8) is 0 Å². The zero-order valence-electron chi connectivity index (χ0n) is 15.6. The Hall–Kier alpha value is -2.32. The lowest BCUT2D eigenvalue weighted by atomic mass is 10.0. The summed E-state index contributed by atoms with van der Waals surface area (Å²) >= 11 is 0. The average molecular weight is 387 g/mol. The molecule has 142 valence electrons. The molecule has 1 heterocycles. The summed E-state index contributed by atoms with van der Waals surface area (Å²) in [4.78, 5) is 12.9. The van der Waals surface area contributed by atoms with Crippen LogP contribution < -0.4 is 5.56 Å². The molecule has 0 saturated heterocycles. The molecular formula is C22H24F2NOP. The molecule has 0 bridgehead atoms. The maximum Gasteiger partial charge on any atom is 0.254 e. The number of halogens is 2. The van der Waals surface area contributed by atoms with Crippen LogP contribution in [-0.4, -0.2) is 11.2 Å². The maximum atomic E-state index is 13.4. The quantitative estimate of drug-likeness (QED) is 0.458. The fourth-order valence-electron chi connectivity index (χ4n) is 2.77. The molecular weight excluding hydrogens is 363 g/mol. The molecule has 27 heavy (non-hydrogen) atoms. The highest BCUT2D eigenvalue weighted by molar-refractivity contribution is 7.22. The first kappa shape index (κ1) is 21.0. The summed E-state index contributed by atoms with van der Waals surface area (Å²) in [5, 5.41) is 0.703. The predicted octanol–water partition coefficient (Wildman–Crippen LogP) is 5.44. The minimum Gasteiger partial charge on any atom is -0.304 e. The Morgan fingerprint density at radius 3 is 2.59 bits per heavy atom. The van der Waals surface area contributed by atoms with Gasteiger partial charge in [0.2, 0.25) is 0 Å². The van der Waals surface area contributed by atoms with Crippen LogP contribution in [0.5, 0.6) is 0 Å². The predicted molar refractivity (Wildman–Crippen MR) is 112 cm³/mol. The van der Waals surface area contributed by atoms with E-state index in [0.29, 0.717) is 27.7 Å². The topological polar surface area (TPSA) is 22.0 Å². The molecule has 2 rings (SSSR count). The van der Waals surface area contributed by atoms with Gasteiger partial charge < -0.3 is 4.57 Å². The van der Waals surface area contributed by atoms with Crippen LogP contribution in [0.4, 0.5) is 8.78 Å². The summed E-state index contributed by atoms with van der Waals surface area (Å²) in [5.41, 5.74) is 3.80. The number of rotatable bonds is 7. The van der Waals surface area contributed by atoms with Crippen molar-refractivity contribution in [1.29, 1.82) is 0 Å². The molecule has 0 aliphatic rings. The van der Waals surface area contributed by atoms with Gasteiger partial charge in [-0.1, -0.05) is 42.5 Å². The Balaban J connectivity index is 2.51. The molecule has 0 saturated carbocycles. The summed E-state index contributed by atoms with van der Waals surface area (Å²) in [6.07, 6.45) is 4.91. The van der Waals surface area contributed by atoms with Crippen molar-refractivity contribution in [2.75, 3.05) is 6.67 Å². The van der Waals surface area contributed by atoms with Crippen LogP contribution in [0.3, 0.4) is 0 Å². The number of aromatic nitrogens is 1. The van der Waals surface area contributed by atoms with Crippen molar-refractivity contribution >= 4 is 9.24 Å². The molecule has 1 atom stereocenters. The molecule has 1 unspecified atom stereocenters. The molecule has 2 aromatic rings. The van der Waals surface area contributed by atoms with Gasteiger partial charge in [0.15, 0.2) is 0 Å². The molecule has 0 N–H and O–H groups in total. The van der Waals surface area contributed by atoms with Crippen molar-refractivity contribution in [2.45, 2.75) is 27.1 Å². The van der Waals surface area contributed by atoms with Crippen molar-refractivity contribution in [1.82, 2.24) is 4.57 Å². The number of nitrogens with zero attached hydrogens (tertiary/aromatic N) is 1. The first-order valence-electron chi connectivity index (χ1n) is 8.61. The minimum atomic E-state index is -0.688. The number of hydrogen-bond donors (Lipinski definition) is 0. The molecule has 2 nitrogen and oxygen atoms in total. The van der Waals surface area contributed by atoms with Gasteiger partial charge in [0.05, 0.1) is 12.2 Å². The Labute approximate surface area is 161 Å². The van der Waals surface area contributed by atoms with Crippen LogP contribution in [0.25, 0.3) is 11.3 Å². The van der Waals surface area contributed by atoms with Crippen molar-refractivity contribution in [2.24, 2.45) is 0 Å². The molecule has 0 fully saturated rings. The van der Waals surface area contributed by atoms with E-state index < -0.39 is 13.3 Å². The monoisotopic (exact) mass is 387 g/mol. The number of hydrogen-bond acceptors (Lipinski definition) is 1. The van der Waals surface area contributed by atoms with E-state index in [0.717, 1.165) is 11.1 Å². The van der Waals surface area contributed by atoms with Crippen LogP contribution in [0.1, 0.15) is 16.7 Å². The number of benzene rings is 1. The van der Waals surface area contributed by atoms with Gasteiger partial charge in [-0.15, -0.1) is 9.24 Å². The highest BCUT2D eigenvalue weighted by Crippen LogP contribution is 2.23. The summed E-state index contributed by atoms with van der Waals surface area (Å²) in [5.74, 6) is 0. The summed E-state index contributed by atoms with van der Waals surface area (Å²) < 4.78 is 27.3. The van der Waals surface area contributed by atoms with Gasteiger partial charge >= 0.3 is 0 Å². The van der Waals surface area contributed by atoms with Crippen LogP contribution in [-0.2, 0) is 13.2 Å². The Morgan fingerprint density at radius 2 is 1.96 bits per heavy atom. The number of aryl methyl sites for hydroxylation is 1. The lowest BCUT2D eigenvalue weighted by Crippen LogP contribution is -2.26. The molecule has 5 heteroatoms. The van der Waals surface area contributed by atoms with Crippen LogP contribution >= 0.6 is 9.24 Å². The van der Waals surface area contributed by atoms with Crippen LogP contribution in [0.15, 0.2) is 70.8 Å². The van der Waals surface area contributed by atoms with E-state index in [-0.39, 0.29) is 12.1 Å². The molecule has 1 aromatic heterocycles. The third-order valence-electron chi connectivity index (χ3n) is 4.29.